The molecular weight excluding hydrogens is 320 g/mol. The summed E-state index contributed by atoms with van der Waals surface area (Å²) in [6.45, 7) is 2.63. The van der Waals surface area contributed by atoms with Gasteiger partial charge in [-0.1, -0.05) is 6.07 Å². The van der Waals surface area contributed by atoms with Gasteiger partial charge < -0.3 is 10.2 Å². The zero-order valence-electron chi connectivity index (χ0n) is 13.9. The first kappa shape index (κ1) is 16.9. The van der Waals surface area contributed by atoms with Gasteiger partial charge in [0.2, 0.25) is 11.9 Å². The SMILES string of the molecule is O=C(CCCc1cccs1)N1CCC(CNc2ncccn2)CC1. The van der Waals surface area contributed by atoms with Crippen molar-refractivity contribution in [2.24, 2.45) is 5.92 Å². The Kier molecular flexibility index (Phi) is 6.18. The summed E-state index contributed by atoms with van der Waals surface area (Å²) in [7, 11) is 0. The first-order chi connectivity index (χ1) is 11.8. The van der Waals surface area contributed by atoms with Crippen LogP contribution in [0, 0.1) is 5.92 Å². The van der Waals surface area contributed by atoms with Crippen molar-refractivity contribution in [3.05, 3.63) is 40.8 Å². The summed E-state index contributed by atoms with van der Waals surface area (Å²) in [5.41, 5.74) is 0. The van der Waals surface area contributed by atoms with E-state index in [1.807, 2.05) is 11.0 Å². The molecule has 2 aromatic rings. The minimum absolute atomic E-state index is 0.310. The summed E-state index contributed by atoms with van der Waals surface area (Å²) < 4.78 is 0. The van der Waals surface area contributed by atoms with Crippen molar-refractivity contribution in [2.45, 2.75) is 32.1 Å². The molecule has 3 heterocycles. The van der Waals surface area contributed by atoms with Gasteiger partial charge in [0, 0.05) is 43.3 Å². The van der Waals surface area contributed by atoms with E-state index in [9.17, 15) is 4.79 Å². The number of aromatic nitrogens is 2. The number of amides is 1. The van der Waals surface area contributed by atoms with Crippen molar-refractivity contribution in [1.29, 1.82) is 0 Å². The summed E-state index contributed by atoms with van der Waals surface area (Å²) in [5.74, 6) is 1.58. The van der Waals surface area contributed by atoms with Gasteiger partial charge in [0.1, 0.15) is 0 Å². The molecule has 1 aliphatic heterocycles. The van der Waals surface area contributed by atoms with Crippen LogP contribution in [0.15, 0.2) is 36.0 Å². The predicted octanol–water partition coefficient (Wildman–Crippen LogP) is 3.21. The molecule has 0 aromatic carbocycles. The highest BCUT2D eigenvalue weighted by Gasteiger charge is 2.22. The molecule has 0 bridgehead atoms. The van der Waals surface area contributed by atoms with Crippen LogP contribution in [0.1, 0.15) is 30.6 Å². The van der Waals surface area contributed by atoms with E-state index in [1.54, 1.807) is 23.7 Å². The van der Waals surface area contributed by atoms with E-state index >= 15 is 0 Å². The number of carbonyl (C=O) groups excluding carboxylic acids is 1. The Balaban J connectivity index is 1.33. The smallest absolute Gasteiger partial charge is 0.222 e. The number of nitrogens with one attached hydrogen (secondary N) is 1. The van der Waals surface area contributed by atoms with E-state index < -0.39 is 0 Å². The zero-order valence-corrected chi connectivity index (χ0v) is 14.7. The third-order valence-electron chi connectivity index (χ3n) is 4.48. The molecule has 0 unspecified atom stereocenters. The highest BCUT2D eigenvalue weighted by molar-refractivity contribution is 7.09. The Morgan fingerprint density at radius 2 is 2.04 bits per heavy atom. The van der Waals surface area contributed by atoms with Crippen LogP contribution >= 0.6 is 11.3 Å². The van der Waals surface area contributed by atoms with Crippen molar-refractivity contribution in [1.82, 2.24) is 14.9 Å². The average molecular weight is 344 g/mol. The third kappa shape index (κ3) is 5.03. The topological polar surface area (TPSA) is 58.1 Å². The Morgan fingerprint density at radius 3 is 2.75 bits per heavy atom. The Labute approximate surface area is 147 Å². The van der Waals surface area contributed by atoms with Gasteiger partial charge in [-0.3, -0.25) is 4.79 Å². The Morgan fingerprint density at radius 1 is 1.25 bits per heavy atom. The molecule has 128 valence electrons. The van der Waals surface area contributed by atoms with Crippen molar-refractivity contribution >= 4 is 23.2 Å². The van der Waals surface area contributed by atoms with E-state index in [-0.39, 0.29) is 0 Å². The van der Waals surface area contributed by atoms with Gasteiger partial charge in [0.25, 0.3) is 0 Å². The van der Waals surface area contributed by atoms with E-state index in [2.05, 4.69) is 32.8 Å². The minimum Gasteiger partial charge on any atom is -0.354 e. The number of hydrogen-bond acceptors (Lipinski definition) is 5. The number of anilines is 1. The largest absolute Gasteiger partial charge is 0.354 e. The molecule has 1 N–H and O–H groups in total. The minimum atomic E-state index is 0.310. The van der Waals surface area contributed by atoms with Crippen LogP contribution in [0.5, 0.6) is 0 Å². The molecule has 3 rings (SSSR count). The zero-order chi connectivity index (χ0) is 16.6. The van der Waals surface area contributed by atoms with Gasteiger partial charge in [-0.25, -0.2) is 9.97 Å². The number of carbonyl (C=O) groups is 1. The second-order valence-corrected chi connectivity index (χ2v) is 7.24. The molecule has 2 aromatic heterocycles. The normalized spacial score (nSPS) is 15.4. The molecule has 1 fully saturated rings. The van der Waals surface area contributed by atoms with Crippen LogP contribution in [0.2, 0.25) is 0 Å². The molecule has 0 aliphatic carbocycles. The quantitative estimate of drug-likeness (QED) is 0.838. The maximum absolute atomic E-state index is 12.3. The van der Waals surface area contributed by atoms with Crippen LogP contribution in [-0.2, 0) is 11.2 Å². The van der Waals surface area contributed by atoms with Crippen LogP contribution in [0.4, 0.5) is 5.95 Å². The monoisotopic (exact) mass is 344 g/mol. The molecule has 1 saturated heterocycles. The number of thiophene rings is 1. The molecule has 24 heavy (non-hydrogen) atoms. The van der Waals surface area contributed by atoms with Crippen molar-refractivity contribution < 1.29 is 4.79 Å². The summed E-state index contributed by atoms with van der Waals surface area (Å²) >= 11 is 1.77. The maximum atomic E-state index is 12.3. The third-order valence-corrected chi connectivity index (χ3v) is 5.41. The lowest BCUT2D eigenvalue weighted by molar-refractivity contribution is -0.132. The summed E-state index contributed by atoms with van der Waals surface area (Å²) in [6.07, 6.45) is 8.22. The van der Waals surface area contributed by atoms with Crippen LogP contribution in [0.3, 0.4) is 0 Å². The molecule has 0 spiro atoms. The highest BCUT2D eigenvalue weighted by atomic mass is 32.1. The molecule has 0 radical (unpaired) electrons. The van der Waals surface area contributed by atoms with Gasteiger partial charge in [-0.2, -0.15) is 0 Å². The molecular formula is C18H24N4OS. The second kappa shape index (κ2) is 8.78. The number of aryl methyl sites for hydroxylation is 1. The number of rotatable bonds is 7. The van der Waals surface area contributed by atoms with Crippen molar-refractivity contribution in [3.8, 4) is 0 Å². The van der Waals surface area contributed by atoms with E-state index in [0.29, 0.717) is 24.2 Å². The number of piperidine rings is 1. The Bertz CT molecular complexity index is 609. The summed E-state index contributed by atoms with van der Waals surface area (Å²) in [4.78, 5) is 24.1. The molecule has 5 nitrogen and oxygen atoms in total. The fraction of sp³-hybridized carbons (Fsp3) is 0.500. The van der Waals surface area contributed by atoms with Crippen LogP contribution in [-0.4, -0.2) is 40.4 Å². The average Bonchev–Trinajstić information content (AvgIpc) is 3.15. The number of hydrogen-bond donors (Lipinski definition) is 1. The van der Waals surface area contributed by atoms with E-state index in [4.69, 9.17) is 0 Å². The summed E-state index contributed by atoms with van der Waals surface area (Å²) in [6, 6.07) is 6.03. The standard InChI is InChI=1S/C18H24N4OS/c23-17(6-1-4-16-5-2-13-24-16)22-11-7-15(8-12-22)14-21-18-19-9-3-10-20-18/h2-3,5,9-10,13,15H,1,4,6-8,11-12,14H2,(H,19,20,21). The van der Waals surface area contributed by atoms with Crippen LogP contribution < -0.4 is 5.32 Å². The lowest BCUT2D eigenvalue weighted by atomic mass is 9.96. The predicted molar refractivity (Wildman–Crippen MR) is 97.1 cm³/mol. The van der Waals surface area contributed by atoms with Gasteiger partial charge in [-0.05, 0) is 49.1 Å². The summed E-state index contributed by atoms with van der Waals surface area (Å²) in [5, 5.41) is 5.38. The highest BCUT2D eigenvalue weighted by Crippen LogP contribution is 2.19. The molecule has 1 aliphatic rings. The van der Waals surface area contributed by atoms with Crippen molar-refractivity contribution in [2.75, 3.05) is 25.0 Å². The second-order valence-electron chi connectivity index (χ2n) is 6.21. The van der Waals surface area contributed by atoms with Gasteiger partial charge in [0.05, 0.1) is 0 Å². The fourth-order valence-electron chi connectivity index (χ4n) is 3.04. The maximum Gasteiger partial charge on any atom is 0.222 e. The number of nitrogens with zero attached hydrogens (tertiary/aromatic N) is 3. The lowest BCUT2D eigenvalue weighted by Crippen LogP contribution is -2.39. The first-order valence-corrected chi connectivity index (χ1v) is 9.50. The molecule has 0 atom stereocenters. The lowest BCUT2D eigenvalue weighted by Gasteiger charge is -2.32. The van der Waals surface area contributed by atoms with E-state index in [1.165, 1.54) is 4.88 Å². The molecule has 0 saturated carbocycles. The van der Waals surface area contributed by atoms with E-state index in [0.717, 1.165) is 45.3 Å². The Hall–Kier alpha value is -1.95. The molecule has 1 amide bonds. The van der Waals surface area contributed by atoms with Gasteiger partial charge in [0.15, 0.2) is 0 Å². The van der Waals surface area contributed by atoms with Gasteiger partial charge in [-0.15, -0.1) is 11.3 Å². The van der Waals surface area contributed by atoms with Gasteiger partial charge >= 0.3 is 0 Å². The van der Waals surface area contributed by atoms with Crippen molar-refractivity contribution in [3.63, 3.8) is 0 Å². The first-order valence-electron chi connectivity index (χ1n) is 8.62. The fourth-order valence-corrected chi connectivity index (χ4v) is 3.79. The molecule has 6 heteroatoms. The number of likely N-dealkylation sites (tertiary alicyclic amines) is 1. The van der Waals surface area contributed by atoms with Crippen LogP contribution in [0.25, 0.3) is 0 Å².